The number of nitrogens with zero attached hydrogens (tertiary/aromatic N) is 4. The van der Waals surface area contributed by atoms with E-state index >= 15 is 0 Å². The van der Waals surface area contributed by atoms with E-state index in [0.29, 0.717) is 5.02 Å². The molecular weight excluding hydrogens is 388 g/mol. The number of anilines is 2. The van der Waals surface area contributed by atoms with Crippen molar-refractivity contribution in [2.75, 3.05) is 10.7 Å². The molecule has 5 nitrogen and oxygen atoms in total. The molecule has 0 bridgehead atoms. The maximum absolute atomic E-state index is 13.1. The maximum Gasteiger partial charge on any atom is 0.242 e. The summed E-state index contributed by atoms with van der Waals surface area (Å²) >= 11 is 9.22. The average Bonchev–Trinajstić information content (AvgIpc) is 2.96. The van der Waals surface area contributed by atoms with Gasteiger partial charge < -0.3 is 4.57 Å². The van der Waals surface area contributed by atoms with E-state index in [2.05, 4.69) is 10.2 Å². The van der Waals surface area contributed by atoms with E-state index in [9.17, 15) is 4.79 Å². The van der Waals surface area contributed by atoms with E-state index < -0.39 is 0 Å². The van der Waals surface area contributed by atoms with Gasteiger partial charge in [-0.2, -0.15) is 0 Å². The number of aromatic nitrogens is 3. The third-order valence-corrected chi connectivity index (χ3v) is 6.49. The summed E-state index contributed by atoms with van der Waals surface area (Å²) < 4.78 is 1.88. The van der Waals surface area contributed by atoms with Gasteiger partial charge in [0.25, 0.3) is 0 Å². The molecule has 2 heterocycles. The number of hydrogen-bond donors (Lipinski definition) is 0. The van der Waals surface area contributed by atoms with Crippen molar-refractivity contribution in [2.45, 2.75) is 21.9 Å². The molecule has 1 aliphatic heterocycles. The SMILES string of the molecule is Cc1nnc(SCC(=O)N2c3ccccc3Sc3ccc(Cl)cc32)n1C. The Morgan fingerprint density at radius 2 is 1.92 bits per heavy atom. The molecule has 0 spiro atoms. The first-order chi connectivity index (χ1) is 12.5. The number of benzene rings is 2. The second kappa shape index (κ2) is 6.98. The largest absolute Gasteiger partial charge is 0.309 e. The molecule has 132 valence electrons. The highest BCUT2D eigenvalue weighted by molar-refractivity contribution is 8.00. The number of carbonyl (C=O) groups excluding carboxylic acids is 1. The number of fused-ring (bicyclic) bond motifs is 2. The Morgan fingerprint density at radius 3 is 2.69 bits per heavy atom. The topological polar surface area (TPSA) is 51.0 Å². The molecule has 26 heavy (non-hydrogen) atoms. The molecule has 0 unspecified atom stereocenters. The van der Waals surface area contributed by atoms with E-state index in [1.165, 1.54) is 11.8 Å². The first-order valence-corrected chi connectivity index (χ1v) is 10.1. The van der Waals surface area contributed by atoms with Gasteiger partial charge in [0.05, 0.1) is 17.1 Å². The third kappa shape index (κ3) is 3.11. The summed E-state index contributed by atoms with van der Waals surface area (Å²) in [5.41, 5.74) is 1.70. The zero-order chi connectivity index (χ0) is 18.3. The van der Waals surface area contributed by atoms with Crippen LogP contribution in [0.2, 0.25) is 5.02 Å². The normalized spacial score (nSPS) is 12.7. The van der Waals surface area contributed by atoms with Gasteiger partial charge in [-0.25, -0.2) is 0 Å². The Hall–Kier alpha value is -1.96. The smallest absolute Gasteiger partial charge is 0.242 e. The standard InChI is InChI=1S/C18H15ClN4OS2/c1-11-20-21-18(22(11)2)25-10-17(24)23-13-5-3-4-6-15(13)26-16-8-7-12(19)9-14(16)23/h3-9H,10H2,1-2H3. The second-order valence-corrected chi connectivity index (χ2v) is 8.25. The number of rotatable bonds is 3. The van der Waals surface area contributed by atoms with Crippen molar-refractivity contribution in [3.63, 3.8) is 0 Å². The molecule has 4 rings (SSSR count). The lowest BCUT2D eigenvalue weighted by atomic mass is 10.2. The van der Waals surface area contributed by atoms with Crippen LogP contribution in [0.5, 0.6) is 0 Å². The number of carbonyl (C=O) groups is 1. The molecule has 0 N–H and O–H groups in total. The first kappa shape index (κ1) is 17.5. The second-order valence-electron chi connectivity index (χ2n) is 5.79. The average molecular weight is 403 g/mol. The van der Waals surface area contributed by atoms with E-state index in [0.717, 1.165) is 32.1 Å². The van der Waals surface area contributed by atoms with E-state index in [4.69, 9.17) is 11.6 Å². The van der Waals surface area contributed by atoms with Gasteiger partial charge in [0, 0.05) is 21.9 Å². The maximum atomic E-state index is 13.1. The van der Waals surface area contributed by atoms with Crippen molar-refractivity contribution in [3.05, 3.63) is 53.3 Å². The van der Waals surface area contributed by atoms with Crippen molar-refractivity contribution >= 4 is 52.4 Å². The molecule has 0 aliphatic carbocycles. The predicted molar refractivity (Wildman–Crippen MR) is 106 cm³/mol. The minimum atomic E-state index is -0.0214. The highest BCUT2D eigenvalue weighted by Crippen LogP contribution is 2.48. The highest BCUT2D eigenvalue weighted by atomic mass is 35.5. The number of para-hydroxylation sites is 1. The van der Waals surface area contributed by atoms with E-state index in [1.54, 1.807) is 16.7 Å². The van der Waals surface area contributed by atoms with Crippen LogP contribution in [0.1, 0.15) is 5.82 Å². The lowest BCUT2D eigenvalue weighted by molar-refractivity contribution is -0.115. The Morgan fingerprint density at radius 1 is 1.15 bits per heavy atom. The molecule has 2 aromatic carbocycles. The molecule has 8 heteroatoms. The van der Waals surface area contributed by atoms with Gasteiger partial charge in [-0.1, -0.05) is 47.3 Å². The number of amides is 1. The molecule has 1 aliphatic rings. The van der Waals surface area contributed by atoms with Crippen molar-refractivity contribution in [2.24, 2.45) is 7.05 Å². The summed E-state index contributed by atoms with van der Waals surface area (Å²) in [7, 11) is 1.89. The summed E-state index contributed by atoms with van der Waals surface area (Å²) in [4.78, 5) is 16.9. The summed E-state index contributed by atoms with van der Waals surface area (Å²) in [6.07, 6.45) is 0. The van der Waals surface area contributed by atoms with Crippen LogP contribution in [-0.4, -0.2) is 26.4 Å². The van der Waals surface area contributed by atoms with Gasteiger partial charge in [0.15, 0.2) is 5.16 Å². The molecule has 3 aromatic rings. The monoisotopic (exact) mass is 402 g/mol. The van der Waals surface area contributed by atoms with Crippen molar-refractivity contribution in [1.82, 2.24) is 14.8 Å². The first-order valence-electron chi connectivity index (χ1n) is 7.93. The van der Waals surface area contributed by atoms with Crippen LogP contribution >= 0.6 is 35.1 Å². The minimum Gasteiger partial charge on any atom is -0.309 e. The Labute approximate surface area is 164 Å². The summed E-state index contributed by atoms with van der Waals surface area (Å²) in [5.74, 6) is 1.06. The van der Waals surface area contributed by atoms with Gasteiger partial charge in [0.1, 0.15) is 5.82 Å². The fourth-order valence-electron chi connectivity index (χ4n) is 2.70. The number of aryl methyl sites for hydroxylation is 1. The van der Waals surface area contributed by atoms with Gasteiger partial charge in [-0.15, -0.1) is 10.2 Å². The predicted octanol–water partition coefficient (Wildman–Crippen LogP) is 4.70. The minimum absolute atomic E-state index is 0.0214. The number of halogens is 1. The van der Waals surface area contributed by atoms with Crippen LogP contribution < -0.4 is 4.90 Å². The zero-order valence-corrected chi connectivity index (χ0v) is 16.5. The van der Waals surface area contributed by atoms with Crippen LogP contribution in [0.15, 0.2) is 57.4 Å². The Balaban J connectivity index is 1.67. The van der Waals surface area contributed by atoms with Gasteiger partial charge >= 0.3 is 0 Å². The highest BCUT2D eigenvalue weighted by Gasteiger charge is 2.28. The quantitative estimate of drug-likeness (QED) is 0.594. The van der Waals surface area contributed by atoms with E-state index in [1.807, 2.05) is 61.0 Å². The molecule has 0 atom stereocenters. The fourth-order valence-corrected chi connectivity index (χ4v) is 4.71. The lowest BCUT2D eigenvalue weighted by Gasteiger charge is -2.31. The number of hydrogen-bond acceptors (Lipinski definition) is 5. The fraction of sp³-hybridized carbons (Fsp3) is 0.167. The lowest BCUT2D eigenvalue weighted by Crippen LogP contribution is -2.30. The van der Waals surface area contributed by atoms with Gasteiger partial charge in [-0.3, -0.25) is 9.69 Å². The molecule has 1 amide bonds. The van der Waals surface area contributed by atoms with Crippen LogP contribution in [0.3, 0.4) is 0 Å². The number of thioether (sulfide) groups is 1. The molecule has 0 saturated heterocycles. The Bertz CT molecular complexity index is 1000. The van der Waals surface area contributed by atoms with E-state index in [-0.39, 0.29) is 11.7 Å². The molecule has 0 radical (unpaired) electrons. The Kier molecular flexibility index (Phi) is 4.69. The third-order valence-electron chi connectivity index (χ3n) is 4.11. The van der Waals surface area contributed by atoms with Gasteiger partial charge in [0.2, 0.25) is 5.91 Å². The molecule has 1 aromatic heterocycles. The summed E-state index contributed by atoms with van der Waals surface area (Å²) in [6.45, 7) is 1.88. The van der Waals surface area contributed by atoms with Crippen LogP contribution in [0, 0.1) is 6.92 Å². The zero-order valence-electron chi connectivity index (χ0n) is 14.1. The van der Waals surface area contributed by atoms with Crippen molar-refractivity contribution < 1.29 is 4.79 Å². The van der Waals surface area contributed by atoms with Crippen molar-refractivity contribution in [1.29, 1.82) is 0 Å². The molecular formula is C18H15ClN4OS2. The molecule has 0 fully saturated rings. The van der Waals surface area contributed by atoms with Crippen LogP contribution in [-0.2, 0) is 11.8 Å². The van der Waals surface area contributed by atoms with Crippen molar-refractivity contribution in [3.8, 4) is 0 Å². The summed E-state index contributed by atoms with van der Waals surface area (Å²) in [6, 6.07) is 13.5. The summed E-state index contributed by atoms with van der Waals surface area (Å²) in [5, 5.41) is 9.48. The van der Waals surface area contributed by atoms with Crippen LogP contribution in [0.25, 0.3) is 0 Å². The van der Waals surface area contributed by atoms with Crippen LogP contribution in [0.4, 0.5) is 11.4 Å². The molecule has 0 saturated carbocycles. The van der Waals surface area contributed by atoms with Gasteiger partial charge in [-0.05, 0) is 37.3 Å².